The van der Waals surface area contributed by atoms with Crippen LogP contribution in [0.1, 0.15) is 0 Å². The van der Waals surface area contributed by atoms with E-state index < -0.39 is 47.9 Å². The molecule has 0 aromatic heterocycles. The molecule has 2 amide bonds. The van der Waals surface area contributed by atoms with Crippen molar-refractivity contribution in [3.63, 3.8) is 0 Å². The summed E-state index contributed by atoms with van der Waals surface area (Å²) in [5, 5.41) is 11.7. The number of nitrogens with zero attached hydrogens (tertiary/aromatic N) is 3. The van der Waals surface area contributed by atoms with Gasteiger partial charge >= 0.3 is 12.1 Å². The normalized spacial score (nSPS) is 18.6. The van der Waals surface area contributed by atoms with Crippen molar-refractivity contribution >= 4 is 46.7 Å². The van der Waals surface area contributed by atoms with Crippen molar-refractivity contribution in [3.8, 4) is 0 Å². The van der Waals surface area contributed by atoms with Gasteiger partial charge in [-0.15, -0.1) is 0 Å². The van der Waals surface area contributed by atoms with E-state index in [1.807, 2.05) is 0 Å². The average Bonchev–Trinajstić information content (AvgIpc) is 3.21. The number of anilines is 2. The van der Waals surface area contributed by atoms with Gasteiger partial charge < -0.3 is 29.7 Å². The molecule has 13 heteroatoms. The van der Waals surface area contributed by atoms with Crippen LogP contribution in [0.4, 0.5) is 25.0 Å². The predicted molar refractivity (Wildman–Crippen MR) is 103 cm³/mol. The number of carboxylic acids is 1. The Kier molecular flexibility index (Phi) is 6.20. The van der Waals surface area contributed by atoms with E-state index in [9.17, 15) is 23.2 Å². The number of carbonyl (C=O) groups excluding carboxylic acids is 2. The van der Waals surface area contributed by atoms with Crippen molar-refractivity contribution in [2.24, 2.45) is 0 Å². The molecule has 0 aliphatic carbocycles. The molecule has 2 fully saturated rings. The van der Waals surface area contributed by atoms with Crippen LogP contribution in [0.25, 0.3) is 0 Å². The third-order valence-corrected chi connectivity index (χ3v) is 4.82. The third kappa shape index (κ3) is 4.50. The smallest absolute Gasteiger partial charge is 0.414 e. The van der Waals surface area contributed by atoms with Gasteiger partial charge in [0.2, 0.25) is 5.91 Å². The van der Waals surface area contributed by atoms with Gasteiger partial charge in [-0.3, -0.25) is 14.5 Å². The molecule has 2 saturated heterocycles. The first-order valence-electron chi connectivity index (χ1n) is 8.73. The minimum atomic E-state index is -1.23. The number of aliphatic carboxylic acids is 1. The van der Waals surface area contributed by atoms with Crippen LogP contribution in [0.5, 0.6) is 0 Å². The number of carbonyl (C=O) groups is 3. The molecule has 0 radical (unpaired) electrons. The van der Waals surface area contributed by atoms with Crippen LogP contribution >= 0.6 is 12.2 Å². The van der Waals surface area contributed by atoms with Crippen molar-refractivity contribution in [2.45, 2.75) is 6.10 Å². The highest BCUT2D eigenvalue weighted by Crippen LogP contribution is 2.32. The number of nitrogens with one attached hydrogen (secondary N) is 1. The van der Waals surface area contributed by atoms with E-state index in [0.29, 0.717) is 0 Å². The van der Waals surface area contributed by atoms with E-state index in [1.54, 1.807) is 0 Å². The maximum absolute atomic E-state index is 14.7. The van der Waals surface area contributed by atoms with Crippen LogP contribution in [0, 0.1) is 11.6 Å². The van der Waals surface area contributed by atoms with Gasteiger partial charge in [-0.05, 0) is 12.2 Å². The highest BCUT2D eigenvalue weighted by Gasteiger charge is 2.35. The molecule has 2 aliphatic heterocycles. The molecule has 3 rings (SSSR count). The zero-order valence-corrected chi connectivity index (χ0v) is 16.6. The summed E-state index contributed by atoms with van der Waals surface area (Å²) < 4.78 is 39.3. The zero-order valence-electron chi connectivity index (χ0n) is 15.8. The van der Waals surface area contributed by atoms with E-state index in [0.717, 1.165) is 26.8 Å². The van der Waals surface area contributed by atoms with E-state index >= 15 is 0 Å². The Morgan fingerprint density at radius 3 is 2.63 bits per heavy atom. The van der Waals surface area contributed by atoms with Crippen molar-refractivity contribution < 1.29 is 37.7 Å². The Morgan fingerprint density at radius 1 is 1.37 bits per heavy atom. The van der Waals surface area contributed by atoms with Crippen LogP contribution in [0.15, 0.2) is 12.1 Å². The number of carboxylic acid groups (broad SMARTS) is 1. The summed E-state index contributed by atoms with van der Waals surface area (Å²) in [7, 11) is 1.38. The first kappa shape index (κ1) is 21.5. The van der Waals surface area contributed by atoms with Gasteiger partial charge in [-0.1, -0.05) is 0 Å². The zero-order chi connectivity index (χ0) is 22.0. The number of benzene rings is 1. The lowest BCUT2D eigenvalue weighted by Crippen LogP contribution is -2.34. The van der Waals surface area contributed by atoms with Gasteiger partial charge in [0.15, 0.2) is 11.6 Å². The van der Waals surface area contributed by atoms with Crippen LogP contribution in [0.2, 0.25) is 0 Å². The van der Waals surface area contributed by atoms with Crippen LogP contribution < -0.4 is 15.1 Å². The fraction of sp³-hybridized carbons (Fsp3) is 0.412. The van der Waals surface area contributed by atoms with Gasteiger partial charge in [0.05, 0.1) is 39.1 Å². The molecule has 2 heterocycles. The molecule has 30 heavy (non-hydrogen) atoms. The average molecular weight is 444 g/mol. The first-order chi connectivity index (χ1) is 14.2. The second-order valence-corrected chi connectivity index (χ2v) is 6.94. The summed E-state index contributed by atoms with van der Waals surface area (Å²) in [4.78, 5) is 37.9. The Balaban J connectivity index is 1.74. The van der Waals surface area contributed by atoms with Gasteiger partial charge in [-0.2, -0.15) is 0 Å². The molecule has 2 N–H and O–H groups in total. The maximum atomic E-state index is 14.7. The van der Waals surface area contributed by atoms with Crippen molar-refractivity contribution in [2.75, 3.05) is 49.8 Å². The van der Waals surface area contributed by atoms with Gasteiger partial charge in [0, 0.05) is 12.1 Å². The molecule has 0 unspecified atom stereocenters. The number of hydrogen-bond donors (Lipinski definition) is 2. The lowest BCUT2D eigenvalue weighted by molar-refractivity contribution is -0.142. The standard InChI is InChI=1S/C17H18F2N4O6S/c1-28-16(30)20-4-10-5-23(17(27)29-10)9-2-11(18)15(12(19)3-9)22-6-13(24)21(8-22)7-14(25)26/h2-3,10H,4-8H2,1H3,(H,20,30)(H,25,26)/t10-/m0/s1. The van der Waals surface area contributed by atoms with Gasteiger partial charge in [0.1, 0.15) is 18.3 Å². The largest absolute Gasteiger partial charge is 0.480 e. The number of ether oxygens (including phenoxy) is 2. The van der Waals surface area contributed by atoms with Crippen molar-refractivity contribution in [3.05, 3.63) is 23.8 Å². The predicted octanol–water partition coefficient (Wildman–Crippen LogP) is 0.502. The Bertz CT molecular complexity index is 878. The van der Waals surface area contributed by atoms with Gasteiger partial charge in [0.25, 0.3) is 5.17 Å². The van der Waals surface area contributed by atoms with Crippen LogP contribution in [-0.4, -0.2) is 79.2 Å². The van der Waals surface area contributed by atoms with Crippen LogP contribution in [0.3, 0.4) is 0 Å². The molecule has 162 valence electrons. The molecule has 10 nitrogen and oxygen atoms in total. The highest BCUT2D eigenvalue weighted by atomic mass is 32.1. The molecule has 0 spiro atoms. The summed E-state index contributed by atoms with van der Waals surface area (Å²) in [6, 6.07) is 1.92. The summed E-state index contributed by atoms with van der Waals surface area (Å²) in [6.07, 6.45) is -1.39. The second kappa shape index (κ2) is 8.65. The van der Waals surface area contributed by atoms with Crippen LogP contribution in [-0.2, 0) is 19.1 Å². The number of halogens is 2. The number of hydrogen-bond acceptors (Lipinski definition) is 7. The van der Waals surface area contributed by atoms with E-state index in [1.165, 1.54) is 7.11 Å². The SMILES string of the molecule is COC(=S)NC[C@H]1CN(c2cc(F)c(N3CC(=O)N(CC(=O)O)C3)c(F)c2)C(=O)O1. The summed E-state index contributed by atoms with van der Waals surface area (Å²) in [6.45, 7) is -1.01. The molecule has 1 atom stereocenters. The number of cyclic esters (lactones) is 1. The quantitative estimate of drug-likeness (QED) is 0.606. The highest BCUT2D eigenvalue weighted by molar-refractivity contribution is 7.80. The fourth-order valence-electron chi connectivity index (χ4n) is 3.17. The maximum Gasteiger partial charge on any atom is 0.414 e. The molecule has 0 bridgehead atoms. The minimum absolute atomic E-state index is 0.0327. The number of thiocarbonyl (C=S) groups is 1. The summed E-state index contributed by atoms with van der Waals surface area (Å²) in [5.74, 6) is -3.79. The second-order valence-electron chi connectivity index (χ2n) is 6.57. The van der Waals surface area contributed by atoms with Crippen molar-refractivity contribution in [1.82, 2.24) is 10.2 Å². The molecule has 1 aromatic rings. The summed E-state index contributed by atoms with van der Waals surface area (Å²) in [5.41, 5.74) is -0.528. The molecular formula is C17H18F2N4O6S. The minimum Gasteiger partial charge on any atom is -0.480 e. The molecular weight excluding hydrogens is 426 g/mol. The Hall–Kier alpha value is -3.22. The summed E-state index contributed by atoms with van der Waals surface area (Å²) >= 11 is 4.83. The number of amides is 2. The molecule has 2 aliphatic rings. The monoisotopic (exact) mass is 444 g/mol. The van der Waals surface area contributed by atoms with E-state index in [4.69, 9.17) is 26.8 Å². The topological polar surface area (TPSA) is 112 Å². The third-order valence-electron chi connectivity index (χ3n) is 4.51. The molecule has 1 aromatic carbocycles. The van der Waals surface area contributed by atoms with Crippen molar-refractivity contribution in [1.29, 1.82) is 0 Å². The molecule has 0 saturated carbocycles. The number of methoxy groups -OCH3 is 1. The first-order valence-corrected chi connectivity index (χ1v) is 9.14. The Morgan fingerprint density at radius 2 is 2.03 bits per heavy atom. The van der Waals surface area contributed by atoms with Gasteiger partial charge in [-0.25, -0.2) is 13.6 Å². The lowest BCUT2D eigenvalue weighted by Gasteiger charge is -2.21. The fourth-order valence-corrected chi connectivity index (χ4v) is 3.25. The van der Waals surface area contributed by atoms with E-state index in [2.05, 4.69) is 5.32 Å². The Labute approximate surface area is 174 Å². The lowest BCUT2D eigenvalue weighted by atomic mass is 10.2. The number of rotatable bonds is 6. The van der Waals surface area contributed by atoms with E-state index in [-0.39, 0.29) is 37.2 Å².